The predicted molar refractivity (Wildman–Crippen MR) is 95.9 cm³/mol. The molecule has 0 saturated carbocycles. The molecule has 0 aliphatic heterocycles. The average molecular weight is 329 g/mol. The van der Waals surface area contributed by atoms with Crippen LogP contribution in [0.3, 0.4) is 0 Å². The van der Waals surface area contributed by atoms with Gasteiger partial charge in [0.15, 0.2) is 5.96 Å². The maximum Gasteiger partial charge on any atom is 0.193 e. The molecule has 24 heavy (non-hydrogen) atoms. The lowest BCUT2D eigenvalue weighted by molar-refractivity contribution is 0.396. The molecule has 4 nitrogen and oxygen atoms in total. The van der Waals surface area contributed by atoms with Gasteiger partial charge >= 0.3 is 0 Å². The van der Waals surface area contributed by atoms with Crippen molar-refractivity contribution in [1.29, 1.82) is 0 Å². The van der Waals surface area contributed by atoms with E-state index >= 15 is 0 Å². The summed E-state index contributed by atoms with van der Waals surface area (Å²) in [5, 5.41) is 3.31. The number of ether oxygens (including phenoxy) is 1. The minimum absolute atomic E-state index is 0.204. The third-order valence-electron chi connectivity index (χ3n) is 3.76. The number of nitrogens with zero attached hydrogens (tertiary/aromatic N) is 2. The molecular weight excluding hydrogens is 305 g/mol. The lowest BCUT2D eigenvalue weighted by atomic mass is 10.1. The molecule has 0 saturated heterocycles. The lowest BCUT2D eigenvalue weighted by Gasteiger charge is -2.23. The molecule has 1 N–H and O–H groups in total. The third kappa shape index (κ3) is 4.98. The van der Waals surface area contributed by atoms with Crippen molar-refractivity contribution in [3.63, 3.8) is 0 Å². The average Bonchev–Trinajstić information content (AvgIpc) is 2.59. The molecule has 0 aliphatic rings. The third-order valence-corrected chi connectivity index (χ3v) is 3.76. The molecule has 0 atom stereocenters. The van der Waals surface area contributed by atoms with Crippen molar-refractivity contribution >= 4 is 5.96 Å². The number of aliphatic imine (C=N–C) groups is 1. The second-order valence-electron chi connectivity index (χ2n) is 5.52. The molecule has 0 aliphatic carbocycles. The zero-order valence-corrected chi connectivity index (χ0v) is 14.4. The Morgan fingerprint density at radius 1 is 1.21 bits per heavy atom. The fourth-order valence-electron chi connectivity index (χ4n) is 2.56. The van der Waals surface area contributed by atoms with Gasteiger partial charge in [-0.2, -0.15) is 0 Å². The topological polar surface area (TPSA) is 36.9 Å². The lowest BCUT2D eigenvalue weighted by Crippen LogP contribution is -2.39. The number of guanidine groups is 1. The van der Waals surface area contributed by atoms with Crippen LogP contribution in [0, 0.1) is 5.82 Å². The fraction of sp³-hybridized carbons (Fsp3) is 0.316. The first kappa shape index (κ1) is 17.8. The van der Waals surface area contributed by atoms with Crippen LogP contribution in [0.25, 0.3) is 0 Å². The molecule has 0 radical (unpaired) electrons. The molecule has 0 amide bonds. The zero-order valence-electron chi connectivity index (χ0n) is 14.4. The van der Waals surface area contributed by atoms with Gasteiger partial charge in [-0.15, -0.1) is 0 Å². The minimum atomic E-state index is -0.204. The maximum absolute atomic E-state index is 13.2. The molecule has 2 rings (SSSR count). The molecule has 0 spiro atoms. The van der Waals surface area contributed by atoms with Gasteiger partial charge in [-0.3, -0.25) is 4.99 Å². The summed E-state index contributed by atoms with van der Waals surface area (Å²) in [5.74, 6) is 1.45. The van der Waals surface area contributed by atoms with Crippen LogP contribution in [0.1, 0.15) is 11.1 Å². The highest BCUT2D eigenvalue weighted by Crippen LogP contribution is 2.18. The van der Waals surface area contributed by atoms with Gasteiger partial charge in [0.05, 0.1) is 7.11 Å². The Bertz CT molecular complexity index is 688. The van der Waals surface area contributed by atoms with Gasteiger partial charge in [0.1, 0.15) is 11.6 Å². The van der Waals surface area contributed by atoms with Crippen molar-refractivity contribution in [1.82, 2.24) is 10.2 Å². The number of nitrogens with one attached hydrogen (secondary N) is 1. The monoisotopic (exact) mass is 329 g/mol. The minimum Gasteiger partial charge on any atom is -0.496 e. The van der Waals surface area contributed by atoms with Crippen LogP contribution in [0.4, 0.5) is 4.39 Å². The predicted octanol–water partition coefficient (Wildman–Crippen LogP) is 3.08. The highest BCUT2D eigenvalue weighted by molar-refractivity contribution is 5.79. The highest BCUT2D eigenvalue weighted by atomic mass is 19.1. The Morgan fingerprint density at radius 2 is 2.00 bits per heavy atom. The van der Waals surface area contributed by atoms with E-state index in [-0.39, 0.29) is 5.82 Å². The van der Waals surface area contributed by atoms with Crippen LogP contribution in [-0.2, 0) is 13.0 Å². The Morgan fingerprint density at radius 3 is 2.71 bits per heavy atom. The molecule has 0 heterocycles. The number of benzene rings is 2. The number of methoxy groups -OCH3 is 1. The summed E-state index contributed by atoms with van der Waals surface area (Å²) in [5.41, 5.74) is 2.06. The Labute approximate surface area is 143 Å². The Kier molecular flexibility index (Phi) is 6.61. The van der Waals surface area contributed by atoms with Gasteiger partial charge < -0.3 is 15.0 Å². The second kappa shape index (κ2) is 8.91. The molecule has 0 unspecified atom stereocenters. The first-order chi connectivity index (χ1) is 11.6. The quantitative estimate of drug-likeness (QED) is 0.654. The fourth-order valence-corrected chi connectivity index (χ4v) is 2.56. The van der Waals surface area contributed by atoms with E-state index in [0.29, 0.717) is 13.1 Å². The van der Waals surface area contributed by atoms with Crippen LogP contribution < -0.4 is 10.1 Å². The summed E-state index contributed by atoms with van der Waals surface area (Å²) < 4.78 is 18.6. The number of rotatable bonds is 6. The van der Waals surface area contributed by atoms with E-state index in [1.165, 1.54) is 6.07 Å². The Balaban J connectivity index is 1.91. The van der Waals surface area contributed by atoms with E-state index in [1.807, 2.05) is 42.3 Å². The van der Waals surface area contributed by atoms with E-state index in [0.717, 1.165) is 29.3 Å². The van der Waals surface area contributed by atoms with Crippen molar-refractivity contribution < 1.29 is 9.13 Å². The molecule has 2 aromatic carbocycles. The molecule has 128 valence electrons. The largest absolute Gasteiger partial charge is 0.496 e. The summed E-state index contributed by atoms with van der Waals surface area (Å²) in [6, 6.07) is 14.6. The smallest absolute Gasteiger partial charge is 0.193 e. The van der Waals surface area contributed by atoms with E-state index in [2.05, 4.69) is 10.3 Å². The van der Waals surface area contributed by atoms with Gasteiger partial charge in [0.2, 0.25) is 0 Å². The first-order valence-corrected chi connectivity index (χ1v) is 7.92. The van der Waals surface area contributed by atoms with E-state index < -0.39 is 0 Å². The SMILES string of the molecule is CN=C(NCCc1cccc(F)c1)N(C)Cc1ccccc1OC. The van der Waals surface area contributed by atoms with Crippen molar-refractivity contribution in [2.45, 2.75) is 13.0 Å². The maximum atomic E-state index is 13.2. The molecule has 5 heteroatoms. The van der Waals surface area contributed by atoms with Gasteiger partial charge in [-0.1, -0.05) is 30.3 Å². The number of para-hydroxylation sites is 1. The van der Waals surface area contributed by atoms with Crippen molar-refractivity contribution in [3.8, 4) is 5.75 Å². The van der Waals surface area contributed by atoms with Crippen LogP contribution in [0.2, 0.25) is 0 Å². The van der Waals surface area contributed by atoms with E-state index in [1.54, 1.807) is 26.3 Å². The normalized spacial score (nSPS) is 11.2. The summed E-state index contributed by atoms with van der Waals surface area (Å²) in [7, 11) is 5.40. The zero-order chi connectivity index (χ0) is 17.4. The van der Waals surface area contributed by atoms with Gasteiger partial charge in [0, 0.05) is 32.7 Å². The highest BCUT2D eigenvalue weighted by Gasteiger charge is 2.09. The van der Waals surface area contributed by atoms with Crippen molar-refractivity contribution in [2.24, 2.45) is 4.99 Å². The number of hydrogen-bond acceptors (Lipinski definition) is 2. The van der Waals surface area contributed by atoms with Crippen LogP contribution >= 0.6 is 0 Å². The van der Waals surface area contributed by atoms with Gasteiger partial charge in [-0.25, -0.2) is 4.39 Å². The van der Waals surface area contributed by atoms with Crippen molar-refractivity contribution in [2.75, 3.05) is 27.7 Å². The molecule has 0 fully saturated rings. The molecule has 0 bridgehead atoms. The van der Waals surface area contributed by atoms with Crippen LogP contribution in [-0.4, -0.2) is 38.6 Å². The standard InChI is InChI=1S/C19H24FN3O/c1-21-19(22-12-11-15-7-6-9-17(20)13-15)23(2)14-16-8-4-5-10-18(16)24-3/h4-10,13H,11-12,14H2,1-3H3,(H,21,22). The summed E-state index contributed by atoms with van der Waals surface area (Å²) >= 11 is 0. The first-order valence-electron chi connectivity index (χ1n) is 7.92. The van der Waals surface area contributed by atoms with E-state index in [9.17, 15) is 4.39 Å². The van der Waals surface area contributed by atoms with Gasteiger partial charge in [-0.05, 0) is 30.2 Å². The molecular formula is C19H24FN3O. The Hall–Kier alpha value is -2.56. The van der Waals surface area contributed by atoms with Crippen LogP contribution in [0.5, 0.6) is 5.75 Å². The summed E-state index contributed by atoms with van der Waals surface area (Å²) in [6.45, 7) is 1.37. The number of hydrogen-bond donors (Lipinski definition) is 1. The van der Waals surface area contributed by atoms with Crippen LogP contribution in [0.15, 0.2) is 53.5 Å². The van der Waals surface area contributed by atoms with Crippen molar-refractivity contribution in [3.05, 3.63) is 65.5 Å². The molecule has 2 aromatic rings. The number of halogens is 1. The van der Waals surface area contributed by atoms with E-state index in [4.69, 9.17) is 4.74 Å². The second-order valence-corrected chi connectivity index (χ2v) is 5.52. The van der Waals surface area contributed by atoms with Gasteiger partial charge in [0.25, 0.3) is 0 Å². The summed E-state index contributed by atoms with van der Waals surface area (Å²) in [4.78, 5) is 6.34. The summed E-state index contributed by atoms with van der Waals surface area (Å²) in [6.07, 6.45) is 0.735. The molecule has 0 aromatic heterocycles.